The molecule has 1 heterocycles. The molecule has 18 heavy (non-hydrogen) atoms. The molecule has 0 saturated carbocycles. The zero-order chi connectivity index (χ0) is 13.0. The summed E-state index contributed by atoms with van der Waals surface area (Å²) < 4.78 is 3.19. The predicted molar refractivity (Wildman–Crippen MR) is 75.8 cm³/mol. The fraction of sp³-hybridized carbons (Fsp3) is 0.308. The standard InChI is InChI=1S/C13H17BrN4/c1-2-8-18-9-7-16-13(18)12(17-15)10-3-5-11(14)6-4-10/h3-7,9,12,17H,2,8,15H2,1H3. The van der Waals surface area contributed by atoms with Gasteiger partial charge in [0.25, 0.3) is 0 Å². The summed E-state index contributed by atoms with van der Waals surface area (Å²) in [4.78, 5) is 4.41. The second-order valence-electron chi connectivity index (χ2n) is 4.13. The van der Waals surface area contributed by atoms with E-state index in [-0.39, 0.29) is 6.04 Å². The lowest BCUT2D eigenvalue weighted by Gasteiger charge is -2.17. The van der Waals surface area contributed by atoms with Crippen LogP contribution >= 0.6 is 15.9 Å². The van der Waals surface area contributed by atoms with E-state index in [1.165, 1.54) is 0 Å². The first-order chi connectivity index (χ1) is 8.76. The Morgan fingerprint density at radius 2 is 2.11 bits per heavy atom. The van der Waals surface area contributed by atoms with Crippen LogP contribution in [0.25, 0.3) is 0 Å². The Bertz CT molecular complexity index is 492. The third kappa shape index (κ3) is 2.80. The monoisotopic (exact) mass is 308 g/mol. The van der Waals surface area contributed by atoms with Crippen LogP contribution in [0.3, 0.4) is 0 Å². The lowest BCUT2D eigenvalue weighted by Crippen LogP contribution is -2.31. The molecule has 0 bridgehead atoms. The van der Waals surface area contributed by atoms with Crippen LogP contribution in [-0.2, 0) is 6.54 Å². The Kier molecular flexibility index (Phi) is 4.52. The van der Waals surface area contributed by atoms with Crippen LogP contribution in [0, 0.1) is 0 Å². The van der Waals surface area contributed by atoms with Gasteiger partial charge in [-0.1, -0.05) is 35.0 Å². The van der Waals surface area contributed by atoms with Crippen LogP contribution in [0.1, 0.15) is 30.8 Å². The summed E-state index contributed by atoms with van der Waals surface area (Å²) in [6.45, 7) is 3.10. The maximum absolute atomic E-state index is 5.68. The predicted octanol–water partition coefficient (Wildman–Crippen LogP) is 2.61. The van der Waals surface area contributed by atoms with Crippen molar-refractivity contribution in [3.05, 3.63) is 52.5 Å². The Hall–Kier alpha value is -1.17. The largest absolute Gasteiger partial charge is 0.333 e. The number of benzene rings is 1. The lowest BCUT2D eigenvalue weighted by molar-refractivity contribution is 0.545. The molecule has 2 rings (SSSR count). The van der Waals surface area contributed by atoms with Crippen LogP contribution in [0.2, 0.25) is 0 Å². The van der Waals surface area contributed by atoms with E-state index >= 15 is 0 Å². The highest BCUT2D eigenvalue weighted by molar-refractivity contribution is 9.10. The zero-order valence-corrected chi connectivity index (χ0v) is 11.9. The quantitative estimate of drug-likeness (QED) is 0.659. The van der Waals surface area contributed by atoms with Crippen molar-refractivity contribution in [3.63, 3.8) is 0 Å². The lowest BCUT2D eigenvalue weighted by atomic mass is 10.1. The molecular weight excluding hydrogens is 292 g/mol. The summed E-state index contributed by atoms with van der Waals surface area (Å²) in [5.74, 6) is 6.63. The van der Waals surface area contributed by atoms with Crippen LogP contribution < -0.4 is 11.3 Å². The van der Waals surface area contributed by atoms with Gasteiger partial charge in [-0.15, -0.1) is 0 Å². The minimum Gasteiger partial charge on any atom is -0.333 e. The van der Waals surface area contributed by atoms with Gasteiger partial charge >= 0.3 is 0 Å². The highest BCUT2D eigenvalue weighted by atomic mass is 79.9. The molecule has 4 nitrogen and oxygen atoms in total. The molecule has 1 aromatic heterocycles. The Morgan fingerprint density at radius 1 is 1.39 bits per heavy atom. The summed E-state index contributed by atoms with van der Waals surface area (Å²) >= 11 is 3.43. The van der Waals surface area contributed by atoms with Gasteiger partial charge in [-0.05, 0) is 24.1 Å². The maximum atomic E-state index is 5.68. The van der Waals surface area contributed by atoms with E-state index in [9.17, 15) is 0 Å². The van der Waals surface area contributed by atoms with Crippen LogP contribution in [0.4, 0.5) is 0 Å². The first-order valence-corrected chi connectivity index (χ1v) is 6.78. The third-order valence-electron chi connectivity index (χ3n) is 2.84. The number of imidazole rings is 1. The van der Waals surface area contributed by atoms with E-state index in [1.54, 1.807) is 0 Å². The van der Waals surface area contributed by atoms with Gasteiger partial charge in [0.05, 0.1) is 0 Å². The second kappa shape index (κ2) is 6.13. The second-order valence-corrected chi connectivity index (χ2v) is 5.05. The first-order valence-electron chi connectivity index (χ1n) is 5.99. The van der Waals surface area contributed by atoms with Gasteiger partial charge in [0.15, 0.2) is 0 Å². The van der Waals surface area contributed by atoms with Crippen molar-refractivity contribution in [1.82, 2.24) is 15.0 Å². The molecule has 2 aromatic rings. The van der Waals surface area contributed by atoms with Crippen molar-refractivity contribution in [2.24, 2.45) is 5.84 Å². The van der Waals surface area contributed by atoms with Gasteiger partial charge in [-0.2, -0.15) is 0 Å². The van der Waals surface area contributed by atoms with Crippen LogP contribution in [-0.4, -0.2) is 9.55 Å². The Balaban J connectivity index is 2.32. The SMILES string of the molecule is CCCn1ccnc1C(NN)c1ccc(Br)cc1. The van der Waals surface area contributed by atoms with Gasteiger partial charge in [-0.3, -0.25) is 5.84 Å². The minimum absolute atomic E-state index is 0.0837. The molecule has 0 spiro atoms. The number of aryl methyl sites for hydroxylation is 1. The summed E-state index contributed by atoms with van der Waals surface area (Å²) in [6.07, 6.45) is 4.87. The van der Waals surface area contributed by atoms with Crippen molar-refractivity contribution < 1.29 is 0 Å². The summed E-state index contributed by atoms with van der Waals surface area (Å²) in [7, 11) is 0. The summed E-state index contributed by atoms with van der Waals surface area (Å²) in [5, 5.41) is 0. The van der Waals surface area contributed by atoms with Gasteiger partial charge in [0.1, 0.15) is 11.9 Å². The van der Waals surface area contributed by atoms with Crippen LogP contribution in [0.5, 0.6) is 0 Å². The van der Waals surface area contributed by atoms with Crippen molar-refractivity contribution in [2.45, 2.75) is 25.9 Å². The molecule has 0 radical (unpaired) electrons. The Labute approximate surface area is 115 Å². The molecular formula is C13H17BrN4. The number of aromatic nitrogens is 2. The fourth-order valence-corrected chi connectivity index (χ4v) is 2.25. The van der Waals surface area contributed by atoms with E-state index in [1.807, 2.05) is 36.7 Å². The first kappa shape index (κ1) is 13.3. The third-order valence-corrected chi connectivity index (χ3v) is 3.37. The highest BCUT2D eigenvalue weighted by Crippen LogP contribution is 2.22. The molecule has 0 aliphatic heterocycles. The van der Waals surface area contributed by atoms with Crippen LogP contribution in [0.15, 0.2) is 41.1 Å². The topological polar surface area (TPSA) is 55.9 Å². The van der Waals surface area contributed by atoms with Gasteiger partial charge in [-0.25, -0.2) is 10.4 Å². The normalized spacial score (nSPS) is 12.6. The van der Waals surface area contributed by atoms with Gasteiger partial charge in [0.2, 0.25) is 0 Å². The molecule has 0 fully saturated rings. The fourth-order valence-electron chi connectivity index (χ4n) is 1.99. The average molecular weight is 309 g/mol. The number of hydrazine groups is 1. The summed E-state index contributed by atoms with van der Waals surface area (Å²) in [5.41, 5.74) is 3.94. The molecule has 96 valence electrons. The van der Waals surface area contributed by atoms with Crippen molar-refractivity contribution in [2.75, 3.05) is 0 Å². The van der Waals surface area contributed by atoms with Crippen molar-refractivity contribution in [3.8, 4) is 0 Å². The number of nitrogens with two attached hydrogens (primary N) is 1. The molecule has 0 amide bonds. The average Bonchev–Trinajstić information content (AvgIpc) is 2.82. The number of hydrogen-bond donors (Lipinski definition) is 2. The number of rotatable bonds is 5. The van der Waals surface area contributed by atoms with E-state index in [0.29, 0.717) is 0 Å². The van der Waals surface area contributed by atoms with Crippen molar-refractivity contribution >= 4 is 15.9 Å². The van der Waals surface area contributed by atoms with E-state index in [2.05, 4.69) is 37.8 Å². The molecule has 5 heteroatoms. The van der Waals surface area contributed by atoms with Gasteiger partial charge < -0.3 is 4.57 Å². The van der Waals surface area contributed by atoms with E-state index in [4.69, 9.17) is 5.84 Å². The number of halogens is 1. The molecule has 1 unspecified atom stereocenters. The van der Waals surface area contributed by atoms with Gasteiger partial charge in [0, 0.05) is 23.4 Å². The minimum atomic E-state index is -0.0837. The number of nitrogens with one attached hydrogen (secondary N) is 1. The molecule has 0 aliphatic carbocycles. The molecule has 0 saturated heterocycles. The van der Waals surface area contributed by atoms with Crippen molar-refractivity contribution in [1.29, 1.82) is 0 Å². The summed E-state index contributed by atoms with van der Waals surface area (Å²) in [6, 6.07) is 8.01. The Morgan fingerprint density at radius 3 is 2.72 bits per heavy atom. The molecule has 0 aliphatic rings. The maximum Gasteiger partial charge on any atom is 0.131 e. The zero-order valence-electron chi connectivity index (χ0n) is 10.3. The molecule has 1 aromatic carbocycles. The van der Waals surface area contributed by atoms with E-state index < -0.39 is 0 Å². The highest BCUT2D eigenvalue weighted by Gasteiger charge is 2.17. The smallest absolute Gasteiger partial charge is 0.131 e. The molecule has 3 N–H and O–H groups in total. The molecule has 1 atom stereocenters. The van der Waals surface area contributed by atoms with E-state index in [0.717, 1.165) is 28.8 Å². The number of hydrogen-bond acceptors (Lipinski definition) is 3. The number of nitrogens with zero attached hydrogens (tertiary/aromatic N) is 2.